The van der Waals surface area contributed by atoms with E-state index in [-0.39, 0.29) is 5.91 Å². The first-order valence-electron chi connectivity index (χ1n) is 7.76. The molecule has 0 atom stereocenters. The highest BCUT2D eigenvalue weighted by Crippen LogP contribution is 2.24. The molecule has 2 N–H and O–H groups in total. The second kappa shape index (κ2) is 7.44. The molecule has 3 aromatic rings. The van der Waals surface area contributed by atoms with Gasteiger partial charge < -0.3 is 10.6 Å². The number of aromatic nitrogens is 2. The minimum atomic E-state index is -0.272. The summed E-state index contributed by atoms with van der Waals surface area (Å²) in [5, 5.41) is 6.07. The molecule has 5 nitrogen and oxygen atoms in total. The molecule has 6 heteroatoms. The summed E-state index contributed by atoms with van der Waals surface area (Å²) in [5.41, 5.74) is 2.99. The van der Waals surface area contributed by atoms with Crippen LogP contribution in [0.2, 0.25) is 0 Å². The number of rotatable bonds is 4. The maximum absolute atomic E-state index is 12.5. The fourth-order valence-corrected chi connectivity index (χ4v) is 2.75. The lowest BCUT2D eigenvalue weighted by atomic mass is 10.2. The van der Waals surface area contributed by atoms with Crippen molar-refractivity contribution < 1.29 is 4.79 Å². The number of hydrogen-bond donors (Lipinski definition) is 2. The van der Waals surface area contributed by atoms with E-state index >= 15 is 0 Å². The number of nitrogens with zero attached hydrogens (tertiary/aromatic N) is 2. The number of nitrogens with one attached hydrogen (secondary N) is 2. The summed E-state index contributed by atoms with van der Waals surface area (Å²) >= 11 is 3.49. The molecule has 25 heavy (non-hydrogen) atoms. The molecule has 1 heterocycles. The van der Waals surface area contributed by atoms with E-state index in [1.54, 1.807) is 13.0 Å². The lowest BCUT2D eigenvalue weighted by Crippen LogP contribution is -2.15. The third kappa shape index (κ3) is 4.42. The Bertz CT molecular complexity index is 927. The SMILES string of the molecule is Cc1cccc(NC(=O)c2cc(Nc3ccccc3Br)nc(C)n2)c1. The molecule has 1 aromatic heterocycles. The van der Waals surface area contributed by atoms with Crippen molar-refractivity contribution in [1.82, 2.24) is 9.97 Å². The van der Waals surface area contributed by atoms with Crippen molar-refractivity contribution in [1.29, 1.82) is 0 Å². The van der Waals surface area contributed by atoms with Crippen LogP contribution in [0.5, 0.6) is 0 Å². The molecule has 3 rings (SSSR count). The van der Waals surface area contributed by atoms with E-state index in [9.17, 15) is 4.79 Å². The quantitative estimate of drug-likeness (QED) is 0.661. The molecule has 1 amide bonds. The molecular weight excluding hydrogens is 380 g/mol. The number of para-hydroxylation sites is 1. The summed E-state index contributed by atoms with van der Waals surface area (Å²) in [7, 11) is 0. The lowest BCUT2D eigenvalue weighted by Gasteiger charge is -2.10. The molecule has 0 spiro atoms. The fourth-order valence-electron chi connectivity index (χ4n) is 2.37. The van der Waals surface area contributed by atoms with Gasteiger partial charge >= 0.3 is 0 Å². The normalized spacial score (nSPS) is 10.4. The minimum absolute atomic E-state index is 0.272. The van der Waals surface area contributed by atoms with Crippen molar-refractivity contribution in [3.8, 4) is 0 Å². The number of aryl methyl sites for hydroxylation is 2. The molecule has 0 aliphatic carbocycles. The number of benzene rings is 2. The van der Waals surface area contributed by atoms with E-state index in [4.69, 9.17) is 0 Å². The lowest BCUT2D eigenvalue weighted by molar-refractivity contribution is 0.102. The van der Waals surface area contributed by atoms with E-state index in [2.05, 4.69) is 36.5 Å². The molecular formula is C19H17BrN4O. The Hall–Kier alpha value is -2.73. The van der Waals surface area contributed by atoms with E-state index in [0.717, 1.165) is 21.4 Å². The van der Waals surface area contributed by atoms with E-state index < -0.39 is 0 Å². The number of hydrogen-bond acceptors (Lipinski definition) is 4. The van der Waals surface area contributed by atoms with Gasteiger partial charge in [-0.15, -0.1) is 0 Å². The zero-order valence-electron chi connectivity index (χ0n) is 13.9. The molecule has 0 saturated heterocycles. The van der Waals surface area contributed by atoms with Crippen LogP contribution >= 0.6 is 15.9 Å². The average molecular weight is 397 g/mol. The summed E-state index contributed by atoms with van der Waals surface area (Å²) in [4.78, 5) is 21.1. The molecule has 0 unspecified atom stereocenters. The van der Waals surface area contributed by atoms with E-state index in [1.165, 1.54) is 0 Å². The van der Waals surface area contributed by atoms with Gasteiger partial charge in [-0.2, -0.15) is 0 Å². The summed E-state index contributed by atoms with van der Waals surface area (Å²) in [6, 6.07) is 17.0. The highest BCUT2D eigenvalue weighted by atomic mass is 79.9. The molecule has 0 aliphatic rings. The van der Waals surface area contributed by atoms with Gasteiger partial charge in [-0.25, -0.2) is 9.97 Å². The second-order valence-corrected chi connectivity index (χ2v) is 6.47. The molecule has 0 aliphatic heterocycles. The highest BCUT2D eigenvalue weighted by molar-refractivity contribution is 9.10. The van der Waals surface area contributed by atoms with E-state index in [1.807, 2.05) is 55.5 Å². The van der Waals surface area contributed by atoms with Crippen molar-refractivity contribution in [2.24, 2.45) is 0 Å². The number of halogens is 1. The summed E-state index contributed by atoms with van der Waals surface area (Å²) in [5.74, 6) is 0.812. The molecule has 0 saturated carbocycles. The van der Waals surface area contributed by atoms with Crippen LogP contribution < -0.4 is 10.6 Å². The van der Waals surface area contributed by atoms with Gasteiger partial charge in [0.05, 0.1) is 5.69 Å². The summed E-state index contributed by atoms with van der Waals surface area (Å²) < 4.78 is 0.914. The van der Waals surface area contributed by atoms with Crippen molar-refractivity contribution in [3.63, 3.8) is 0 Å². The maximum atomic E-state index is 12.5. The van der Waals surface area contributed by atoms with Gasteiger partial charge in [0, 0.05) is 16.2 Å². The van der Waals surface area contributed by atoms with E-state index in [0.29, 0.717) is 17.3 Å². The van der Waals surface area contributed by atoms with Crippen LogP contribution in [-0.4, -0.2) is 15.9 Å². The maximum Gasteiger partial charge on any atom is 0.274 e. The first-order valence-corrected chi connectivity index (χ1v) is 8.56. The Morgan fingerprint density at radius 3 is 2.56 bits per heavy atom. The van der Waals surface area contributed by atoms with Crippen LogP contribution in [0.1, 0.15) is 21.9 Å². The van der Waals surface area contributed by atoms with Crippen LogP contribution in [-0.2, 0) is 0 Å². The molecule has 0 radical (unpaired) electrons. The smallest absolute Gasteiger partial charge is 0.274 e. The first kappa shape index (κ1) is 17.1. The van der Waals surface area contributed by atoms with Gasteiger partial charge in [0.25, 0.3) is 5.91 Å². The Morgan fingerprint density at radius 2 is 1.80 bits per heavy atom. The highest BCUT2D eigenvalue weighted by Gasteiger charge is 2.12. The van der Waals surface area contributed by atoms with Crippen LogP contribution in [0, 0.1) is 13.8 Å². The van der Waals surface area contributed by atoms with Crippen LogP contribution in [0.3, 0.4) is 0 Å². The number of amides is 1. The topological polar surface area (TPSA) is 66.9 Å². The standard InChI is InChI=1S/C19H17BrN4O/c1-12-6-5-7-14(10-12)23-19(25)17-11-18(22-13(2)21-17)24-16-9-4-3-8-15(16)20/h3-11H,1-2H3,(H,23,25)(H,21,22,24). The van der Waals surface area contributed by atoms with Crippen molar-refractivity contribution in [2.45, 2.75) is 13.8 Å². The van der Waals surface area contributed by atoms with Crippen molar-refractivity contribution in [2.75, 3.05) is 10.6 Å². The van der Waals surface area contributed by atoms with Crippen LogP contribution in [0.4, 0.5) is 17.2 Å². The Kier molecular flexibility index (Phi) is 5.09. The summed E-state index contributed by atoms with van der Waals surface area (Å²) in [6.07, 6.45) is 0. The summed E-state index contributed by atoms with van der Waals surface area (Å²) in [6.45, 7) is 3.74. The predicted molar refractivity (Wildman–Crippen MR) is 103 cm³/mol. The Balaban J connectivity index is 1.83. The molecule has 126 valence electrons. The largest absolute Gasteiger partial charge is 0.339 e. The molecule has 2 aromatic carbocycles. The van der Waals surface area contributed by atoms with Gasteiger partial charge in [0.1, 0.15) is 17.3 Å². The van der Waals surface area contributed by atoms with Gasteiger partial charge in [-0.05, 0) is 59.6 Å². The van der Waals surface area contributed by atoms with Crippen LogP contribution in [0.25, 0.3) is 0 Å². The number of anilines is 3. The van der Waals surface area contributed by atoms with Crippen LogP contribution in [0.15, 0.2) is 59.1 Å². The zero-order valence-corrected chi connectivity index (χ0v) is 15.5. The third-order valence-corrected chi connectivity index (χ3v) is 4.17. The fraction of sp³-hybridized carbons (Fsp3) is 0.105. The zero-order chi connectivity index (χ0) is 17.8. The molecule has 0 bridgehead atoms. The minimum Gasteiger partial charge on any atom is -0.339 e. The third-order valence-electron chi connectivity index (χ3n) is 3.48. The molecule has 0 fully saturated rings. The van der Waals surface area contributed by atoms with Gasteiger partial charge in [0.15, 0.2) is 0 Å². The van der Waals surface area contributed by atoms with Gasteiger partial charge in [-0.3, -0.25) is 4.79 Å². The monoisotopic (exact) mass is 396 g/mol. The Labute approximate surface area is 154 Å². The van der Waals surface area contributed by atoms with Crippen molar-refractivity contribution >= 4 is 39.0 Å². The average Bonchev–Trinajstić information content (AvgIpc) is 2.56. The van der Waals surface area contributed by atoms with Gasteiger partial charge in [0.2, 0.25) is 0 Å². The number of carbonyl (C=O) groups is 1. The second-order valence-electron chi connectivity index (χ2n) is 5.61. The number of carbonyl (C=O) groups excluding carboxylic acids is 1. The van der Waals surface area contributed by atoms with Gasteiger partial charge in [-0.1, -0.05) is 24.3 Å². The predicted octanol–water partition coefficient (Wildman–Crippen LogP) is 4.85. The van der Waals surface area contributed by atoms with Crippen molar-refractivity contribution in [3.05, 3.63) is 76.2 Å². The Morgan fingerprint density at radius 1 is 1.00 bits per heavy atom. The first-order chi connectivity index (χ1) is 12.0.